The average molecular weight is 281 g/mol. The molecule has 1 aromatic heterocycles. The van der Waals surface area contributed by atoms with Crippen molar-refractivity contribution in [2.45, 2.75) is 13.0 Å². The molecule has 0 fully saturated rings. The van der Waals surface area contributed by atoms with Gasteiger partial charge in [-0.05, 0) is 18.1 Å². The maximum atomic E-state index is 4.40. The normalized spacial score (nSPS) is 10.7. The Morgan fingerprint density at radius 3 is 1.90 bits per heavy atom. The molecule has 3 nitrogen and oxygen atoms in total. The van der Waals surface area contributed by atoms with E-state index in [0.29, 0.717) is 0 Å². The van der Waals surface area contributed by atoms with E-state index >= 15 is 0 Å². The number of hydrogen-bond acceptors (Lipinski definition) is 4. The predicted molar refractivity (Wildman–Crippen MR) is 83.0 cm³/mol. The molecule has 0 aliphatic carbocycles. The molecule has 100 valence electrons. The minimum atomic E-state index is 0.0877. The Labute approximate surface area is 122 Å². The van der Waals surface area contributed by atoms with Gasteiger partial charge in [-0.3, -0.25) is 0 Å². The summed E-state index contributed by atoms with van der Waals surface area (Å²) in [6, 6.07) is 20.9. The Bertz CT molecular complexity index is 625. The van der Waals surface area contributed by atoms with E-state index in [1.165, 1.54) is 22.7 Å². The zero-order valence-corrected chi connectivity index (χ0v) is 12.0. The van der Waals surface area contributed by atoms with Gasteiger partial charge in [0.1, 0.15) is 5.82 Å². The number of rotatable bonds is 4. The summed E-state index contributed by atoms with van der Waals surface area (Å²) in [6.07, 6.45) is 0. The Morgan fingerprint density at radius 2 is 1.45 bits per heavy atom. The van der Waals surface area contributed by atoms with Crippen molar-refractivity contribution >= 4 is 16.7 Å². The highest BCUT2D eigenvalue weighted by Crippen LogP contribution is 2.27. The van der Waals surface area contributed by atoms with Crippen LogP contribution in [0.2, 0.25) is 0 Å². The molecule has 20 heavy (non-hydrogen) atoms. The van der Waals surface area contributed by atoms with E-state index in [1.54, 1.807) is 0 Å². The van der Waals surface area contributed by atoms with Gasteiger partial charge in [0.15, 0.2) is 0 Å². The first-order chi connectivity index (χ1) is 9.83. The summed E-state index contributed by atoms with van der Waals surface area (Å²) in [5.41, 5.74) is 2.43. The number of hydrogen-bond donors (Lipinski definition) is 1. The molecular formula is C16H15N3S. The largest absolute Gasteiger partial charge is 0.349 e. The zero-order chi connectivity index (χ0) is 13.8. The van der Waals surface area contributed by atoms with E-state index in [1.807, 2.05) is 19.1 Å². The van der Waals surface area contributed by atoms with Gasteiger partial charge in [-0.25, -0.2) is 4.98 Å². The zero-order valence-electron chi connectivity index (χ0n) is 11.2. The SMILES string of the molecule is Cc1nsc(NC(c2ccccc2)c2ccccc2)n1. The van der Waals surface area contributed by atoms with Gasteiger partial charge in [-0.15, -0.1) is 0 Å². The maximum Gasteiger partial charge on any atom is 0.203 e. The highest BCUT2D eigenvalue weighted by atomic mass is 32.1. The summed E-state index contributed by atoms with van der Waals surface area (Å²) in [4.78, 5) is 4.40. The Hall–Kier alpha value is -2.20. The summed E-state index contributed by atoms with van der Waals surface area (Å²) < 4.78 is 4.23. The van der Waals surface area contributed by atoms with Gasteiger partial charge >= 0.3 is 0 Å². The number of anilines is 1. The van der Waals surface area contributed by atoms with Crippen LogP contribution in [0.4, 0.5) is 5.13 Å². The second-order valence-corrected chi connectivity index (χ2v) is 5.30. The van der Waals surface area contributed by atoms with E-state index in [9.17, 15) is 0 Å². The van der Waals surface area contributed by atoms with Crippen molar-refractivity contribution in [3.05, 3.63) is 77.6 Å². The third kappa shape index (κ3) is 2.86. The lowest BCUT2D eigenvalue weighted by atomic mass is 9.99. The minimum absolute atomic E-state index is 0.0877. The van der Waals surface area contributed by atoms with Gasteiger partial charge in [-0.1, -0.05) is 60.7 Å². The number of nitrogens with one attached hydrogen (secondary N) is 1. The molecule has 3 aromatic rings. The topological polar surface area (TPSA) is 37.8 Å². The lowest BCUT2D eigenvalue weighted by Crippen LogP contribution is -2.12. The summed E-state index contributed by atoms with van der Waals surface area (Å²) >= 11 is 1.39. The summed E-state index contributed by atoms with van der Waals surface area (Å²) in [6.45, 7) is 1.90. The Balaban J connectivity index is 1.96. The molecular weight excluding hydrogens is 266 g/mol. The van der Waals surface area contributed by atoms with E-state index in [2.05, 4.69) is 63.2 Å². The van der Waals surface area contributed by atoms with Crippen molar-refractivity contribution in [1.82, 2.24) is 9.36 Å². The second kappa shape index (κ2) is 5.84. The van der Waals surface area contributed by atoms with Crippen molar-refractivity contribution in [2.24, 2.45) is 0 Å². The molecule has 3 rings (SSSR count). The smallest absolute Gasteiger partial charge is 0.203 e. The second-order valence-electron chi connectivity index (χ2n) is 4.55. The van der Waals surface area contributed by atoms with Gasteiger partial charge in [0.05, 0.1) is 6.04 Å². The standard InChI is InChI=1S/C16H15N3S/c1-12-17-16(20-19-12)18-15(13-8-4-2-5-9-13)14-10-6-3-7-11-14/h2-11,15H,1H3,(H,17,18,19). The van der Waals surface area contributed by atoms with Gasteiger partial charge < -0.3 is 5.32 Å². The first-order valence-corrected chi connectivity index (χ1v) is 7.27. The first-order valence-electron chi connectivity index (χ1n) is 6.49. The molecule has 0 unspecified atom stereocenters. The summed E-state index contributed by atoms with van der Waals surface area (Å²) in [5, 5.41) is 4.32. The van der Waals surface area contributed by atoms with Crippen molar-refractivity contribution in [3.8, 4) is 0 Å². The Morgan fingerprint density at radius 1 is 0.900 bits per heavy atom. The molecule has 0 aliphatic rings. The monoisotopic (exact) mass is 281 g/mol. The molecule has 0 saturated heterocycles. The van der Waals surface area contributed by atoms with E-state index in [4.69, 9.17) is 0 Å². The van der Waals surface area contributed by atoms with Crippen LogP contribution in [0.3, 0.4) is 0 Å². The van der Waals surface area contributed by atoms with Crippen LogP contribution in [-0.2, 0) is 0 Å². The van der Waals surface area contributed by atoms with E-state index in [-0.39, 0.29) is 6.04 Å². The van der Waals surface area contributed by atoms with Crippen LogP contribution in [0, 0.1) is 6.92 Å². The van der Waals surface area contributed by atoms with Crippen LogP contribution in [0.1, 0.15) is 23.0 Å². The van der Waals surface area contributed by atoms with Crippen LogP contribution in [-0.4, -0.2) is 9.36 Å². The molecule has 0 saturated carbocycles. The fourth-order valence-electron chi connectivity index (χ4n) is 2.13. The molecule has 1 N–H and O–H groups in total. The predicted octanol–water partition coefficient (Wildman–Crippen LogP) is 4.05. The maximum absolute atomic E-state index is 4.40. The molecule has 0 amide bonds. The van der Waals surface area contributed by atoms with Gasteiger partial charge in [0, 0.05) is 11.5 Å². The highest BCUT2D eigenvalue weighted by molar-refractivity contribution is 7.09. The minimum Gasteiger partial charge on any atom is -0.349 e. The van der Waals surface area contributed by atoms with Crippen molar-refractivity contribution in [2.75, 3.05) is 5.32 Å². The number of benzene rings is 2. The molecule has 2 aromatic carbocycles. The van der Waals surface area contributed by atoms with E-state index in [0.717, 1.165) is 11.0 Å². The van der Waals surface area contributed by atoms with Gasteiger partial charge in [0.25, 0.3) is 0 Å². The van der Waals surface area contributed by atoms with Crippen LogP contribution in [0.15, 0.2) is 60.7 Å². The van der Waals surface area contributed by atoms with Crippen LogP contribution < -0.4 is 5.32 Å². The Kier molecular flexibility index (Phi) is 3.74. The molecule has 0 radical (unpaired) electrons. The molecule has 1 heterocycles. The van der Waals surface area contributed by atoms with Crippen molar-refractivity contribution in [1.29, 1.82) is 0 Å². The number of aromatic nitrogens is 2. The summed E-state index contributed by atoms with van der Waals surface area (Å²) in [7, 11) is 0. The third-order valence-electron chi connectivity index (χ3n) is 3.06. The number of nitrogens with zero attached hydrogens (tertiary/aromatic N) is 2. The van der Waals surface area contributed by atoms with Crippen LogP contribution >= 0.6 is 11.5 Å². The molecule has 0 atom stereocenters. The third-order valence-corrected chi connectivity index (χ3v) is 3.80. The van der Waals surface area contributed by atoms with E-state index < -0.39 is 0 Å². The summed E-state index contributed by atoms with van der Waals surface area (Å²) in [5.74, 6) is 0.803. The quantitative estimate of drug-likeness (QED) is 0.784. The number of aryl methyl sites for hydroxylation is 1. The molecule has 4 heteroatoms. The van der Waals surface area contributed by atoms with Crippen LogP contribution in [0.5, 0.6) is 0 Å². The average Bonchev–Trinajstić information content (AvgIpc) is 2.92. The van der Waals surface area contributed by atoms with Gasteiger partial charge in [-0.2, -0.15) is 4.37 Å². The van der Waals surface area contributed by atoms with Crippen molar-refractivity contribution in [3.63, 3.8) is 0 Å². The van der Waals surface area contributed by atoms with Crippen molar-refractivity contribution < 1.29 is 0 Å². The fourth-order valence-corrected chi connectivity index (χ4v) is 2.73. The van der Waals surface area contributed by atoms with Gasteiger partial charge in [0.2, 0.25) is 5.13 Å². The molecule has 0 spiro atoms. The highest BCUT2D eigenvalue weighted by Gasteiger charge is 2.15. The lowest BCUT2D eigenvalue weighted by molar-refractivity contribution is 0.932. The first kappa shape index (κ1) is 12.8. The fraction of sp³-hybridized carbons (Fsp3) is 0.125. The lowest BCUT2D eigenvalue weighted by Gasteiger charge is -2.19. The molecule has 0 bridgehead atoms. The van der Waals surface area contributed by atoms with Crippen LogP contribution in [0.25, 0.3) is 0 Å². The molecule has 0 aliphatic heterocycles.